The lowest BCUT2D eigenvalue weighted by atomic mass is 9.99. The Balaban J connectivity index is 1.61. The summed E-state index contributed by atoms with van der Waals surface area (Å²) >= 11 is 0. The number of carbonyl (C=O) groups is 2. The zero-order valence-electron chi connectivity index (χ0n) is 17.3. The van der Waals surface area contributed by atoms with E-state index in [1.807, 2.05) is 13.0 Å². The van der Waals surface area contributed by atoms with Gasteiger partial charge in [-0.25, -0.2) is 4.79 Å². The summed E-state index contributed by atoms with van der Waals surface area (Å²) in [5, 5.41) is 5.58. The van der Waals surface area contributed by atoms with Crippen molar-refractivity contribution in [2.24, 2.45) is 0 Å². The number of amides is 3. The van der Waals surface area contributed by atoms with Crippen LogP contribution in [0.5, 0.6) is 5.75 Å². The second-order valence-corrected chi connectivity index (χ2v) is 7.55. The summed E-state index contributed by atoms with van der Waals surface area (Å²) in [7, 11) is 0. The van der Waals surface area contributed by atoms with E-state index in [0.717, 1.165) is 5.56 Å². The van der Waals surface area contributed by atoms with Gasteiger partial charge >= 0.3 is 12.2 Å². The van der Waals surface area contributed by atoms with Crippen LogP contribution in [0.3, 0.4) is 0 Å². The fourth-order valence-electron chi connectivity index (χ4n) is 3.99. The monoisotopic (exact) mass is 445 g/mol. The van der Waals surface area contributed by atoms with Crippen molar-refractivity contribution in [3.8, 4) is 5.75 Å². The number of urea groups is 1. The van der Waals surface area contributed by atoms with Gasteiger partial charge in [0.15, 0.2) is 6.10 Å². The Hall–Kier alpha value is -3.49. The molecule has 32 heavy (non-hydrogen) atoms. The van der Waals surface area contributed by atoms with E-state index in [0.29, 0.717) is 29.1 Å². The second-order valence-electron chi connectivity index (χ2n) is 7.55. The Morgan fingerprint density at radius 3 is 2.78 bits per heavy atom. The molecule has 4 rings (SSSR count). The SMILES string of the molecule is CCN1C(=O)NCc2c(NC(=O)/C=C3\CC[C@H](C(F)(F)F)Oc4ccccc43)cccc21. The number of hydrogen-bond acceptors (Lipinski definition) is 3. The van der Waals surface area contributed by atoms with Crippen molar-refractivity contribution in [2.45, 2.75) is 38.6 Å². The van der Waals surface area contributed by atoms with Crippen LogP contribution in [0.2, 0.25) is 0 Å². The Labute approximate surface area is 183 Å². The first-order valence-corrected chi connectivity index (χ1v) is 10.3. The van der Waals surface area contributed by atoms with E-state index >= 15 is 0 Å². The third-order valence-electron chi connectivity index (χ3n) is 5.53. The van der Waals surface area contributed by atoms with Crippen LogP contribution in [0.1, 0.15) is 30.9 Å². The van der Waals surface area contributed by atoms with Crippen LogP contribution in [0.25, 0.3) is 5.57 Å². The van der Waals surface area contributed by atoms with Gasteiger partial charge in [0.05, 0.1) is 5.69 Å². The lowest BCUT2D eigenvalue weighted by Gasteiger charge is -2.30. The van der Waals surface area contributed by atoms with Crippen molar-refractivity contribution in [2.75, 3.05) is 16.8 Å². The Kier molecular flexibility index (Phi) is 5.82. The number of nitrogens with zero attached hydrogens (tertiary/aromatic N) is 1. The maximum atomic E-state index is 13.3. The van der Waals surface area contributed by atoms with Crippen LogP contribution in [0, 0.1) is 0 Å². The molecule has 2 aliphatic heterocycles. The Morgan fingerprint density at radius 2 is 2.03 bits per heavy atom. The van der Waals surface area contributed by atoms with Crippen LogP contribution in [0.4, 0.5) is 29.3 Å². The highest BCUT2D eigenvalue weighted by molar-refractivity contribution is 6.06. The molecule has 0 saturated heterocycles. The van der Waals surface area contributed by atoms with Gasteiger partial charge in [-0.05, 0) is 43.5 Å². The number of rotatable bonds is 3. The number of hydrogen-bond donors (Lipinski definition) is 2. The molecular formula is C23H22F3N3O3. The summed E-state index contributed by atoms with van der Waals surface area (Å²) in [6, 6.07) is 11.5. The topological polar surface area (TPSA) is 70.7 Å². The average Bonchev–Trinajstić information content (AvgIpc) is 2.93. The Morgan fingerprint density at radius 1 is 1.25 bits per heavy atom. The van der Waals surface area contributed by atoms with Crippen molar-refractivity contribution in [1.82, 2.24) is 5.32 Å². The van der Waals surface area contributed by atoms with E-state index in [-0.39, 0.29) is 31.2 Å². The number of alkyl halides is 3. The molecule has 9 heteroatoms. The van der Waals surface area contributed by atoms with Crippen LogP contribution in [-0.2, 0) is 11.3 Å². The van der Waals surface area contributed by atoms with E-state index in [2.05, 4.69) is 10.6 Å². The van der Waals surface area contributed by atoms with Crippen LogP contribution < -0.4 is 20.3 Å². The molecule has 0 unspecified atom stereocenters. The van der Waals surface area contributed by atoms with Crippen molar-refractivity contribution >= 4 is 28.9 Å². The summed E-state index contributed by atoms with van der Waals surface area (Å²) in [4.78, 5) is 26.5. The highest BCUT2D eigenvalue weighted by Gasteiger charge is 2.43. The van der Waals surface area contributed by atoms with Crippen LogP contribution in [-0.4, -0.2) is 30.8 Å². The summed E-state index contributed by atoms with van der Waals surface area (Å²) in [6.07, 6.45) is -5.35. The van der Waals surface area contributed by atoms with E-state index in [1.54, 1.807) is 35.2 Å². The van der Waals surface area contributed by atoms with Crippen LogP contribution in [0.15, 0.2) is 48.5 Å². The normalized spacial score (nSPS) is 19.4. The minimum Gasteiger partial charge on any atom is -0.480 e. The molecule has 0 fully saturated rings. The first-order valence-electron chi connectivity index (χ1n) is 10.3. The van der Waals surface area contributed by atoms with Crippen LogP contribution >= 0.6 is 0 Å². The van der Waals surface area contributed by atoms with Gasteiger partial charge < -0.3 is 15.4 Å². The van der Waals surface area contributed by atoms with E-state index < -0.39 is 18.2 Å². The average molecular weight is 445 g/mol. The molecule has 2 aromatic carbocycles. The van der Waals surface area contributed by atoms with Gasteiger partial charge in [-0.1, -0.05) is 24.3 Å². The number of nitrogens with one attached hydrogen (secondary N) is 2. The van der Waals surface area contributed by atoms with Gasteiger partial charge in [-0.2, -0.15) is 13.2 Å². The maximum absolute atomic E-state index is 13.3. The number of benzene rings is 2. The first-order chi connectivity index (χ1) is 15.3. The number of halogens is 3. The molecule has 2 aliphatic rings. The molecular weight excluding hydrogens is 423 g/mol. The molecule has 0 spiro atoms. The third-order valence-corrected chi connectivity index (χ3v) is 5.53. The zero-order valence-corrected chi connectivity index (χ0v) is 17.3. The standard InChI is InChI=1S/C23H22F3N3O3/c1-2-29-18-8-5-7-17(16(18)13-27-22(29)31)28-21(30)12-14-10-11-20(23(24,25)26)32-19-9-4-3-6-15(14)19/h3-9,12,20H,2,10-11,13H2,1H3,(H,27,31)(H,28,30)/b14-12+/t20-/m1/s1. The number of allylic oxidation sites excluding steroid dienone is 1. The van der Waals surface area contributed by atoms with Crippen molar-refractivity contribution in [1.29, 1.82) is 0 Å². The lowest BCUT2D eigenvalue weighted by Crippen LogP contribution is -2.44. The predicted octanol–water partition coefficient (Wildman–Crippen LogP) is 4.86. The first kappa shape index (κ1) is 21.7. The van der Waals surface area contributed by atoms with E-state index in [9.17, 15) is 22.8 Å². The quantitative estimate of drug-likeness (QED) is 0.663. The van der Waals surface area contributed by atoms with Crippen molar-refractivity contribution in [3.63, 3.8) is 0 Å². The largest absolute Gasteiger partial charge is 0.480 e. The van der Waals surface area contributed by atoms with Gasteiger partial charge in [-0.3, -0.25) is 9.69 Å². The highest BCUT2D eigenvalue weighted by atomic mass is 19.4. The number of fused-ring (bicyclic) bond motifs is 2. The van der Waals surface area contributed by atoms with E-state index in [4.69, 9.17) is 4.74 Å². The molecule has 0 bridgehead atoms. The molecule has 2 heterocycles. The van der Waals surface area contributed by atoms with Gasteiger partial charge in [0.1, 0.15) is 5.75 Å². The number of anilines is 2. The van der Waals surface area contributed by atoms with E-state index in [1.165, 1.54) is 12.1 Å². The van der Waals surface area contributed by atoms with Gasteiger partial charge in [0.25, 0.3) is 0 Å². The zero-order chi connectivity index (χ0) is 22.9. The summed E-state index contributed by atoms with van der Waals surface area (Å²) in [5.74, 6) is -0.363. The highest BCUT2D eigenvalue weighted by Crippen LogP contribution is 2.39. The molecule has 2 N–H and O–H groups in total. The maximum Gasteiger partial charge on any atom is 0.425 e. The van der Waals surface area contributed by atoms with Gasteiger partial charge in [-0.15, -0.1) is 0 Å². The van der Waals surface area contributed by atoms with Gasteiger partial charge in [0, 0.05) is 36.0 Å². The van der Waals surface area contributed by atoms with Crippen molar-refractivity contribution < 1.29 is 27.5 Å². The number of para-hydroxylation sites is 1. The predicted molar refractivity (Wildman–Crippen MR) is 114 cm³/mol. The molecule has 0 aromatic heterocycles. The molecule has 3 amide bonds. The van der Waals surface area contributed by atoms with Crippen molar-refractivity contribution in [3.05, 3.63) is 59.7 Å². The minimum atomic E-state index is -4.50. The number of ether oxygens (including phenoxy) is 1. The second kappa shape index (κ2) is 8.57. The Bertz CT molecular complexity index is 1080. The molecule has 168 valence electrons. The molecule has 2 aromatic rings. The fraction of sp³-hybridized carbons (Fsp3) is 0.304. The summed E-state index contributed by atoms with van der Waals surface area (Å²) < 4.78 is 45.1. The minimum absolute atomic E-state index is 0.0428. The third kappa shape index (κ3) is 4.28. The summed E-state index contributed by atoms with van der Waals surface area (Å²) in [5.41, 5.74) is 2.95. The molecule has 6 nitrogen and oxygen atoms in total. The van der Waals surface area contributed by atoms with Gasteiger partial charge in [0.2, 0.25) is 5.91 Å². The number of carbonyl (C=O) groups excluding carboxylic acids is 2. The molecule has 0 radical (unpaired) electrons. The molecule has 1 atom stereocenters. The lowest BCUT2D eigenvalue weighted by molar-refractivity contribution is -0.195. The molecule has 0 saturated carbocycles. The molecule has 0 aliphatic carbocycles. The fourth-order valence-corrected chi connectivity index (χ4v) is 3.99. The smallest absolute Gasteiger partial charge is 0.425 e. The summed E-state index contributed by atoms with van der Waals surface area (Å²) in [6.45, 7) is 2.59.